The lowest BCUT2D eigenvalue weighted by Gasteiger charge is -2.09. The molecule has 2 unspecified atom stereocenters. The summed E-state index contributed by atoms with van der Waals surface area (Å²) in [6.07, 6.45) is -3.40. The molecule has 1 rings (SSSR count). The summed E-state index contributed by atoms with van der Waals surface area (Å²) in [7, 11) is 0. The van der Waals surface area contributed by atoms with Gasteiger partial charge in [-0.25, -0.2) is 13.6 Å². The van der Waals surface area contributed by atoms with E-state index in [0.717, 1.165) is 6.92 Å². The molecule has 0 radical (unpaired) electrons. The predicted octanol–water partition coefficient (Wildman–Crippen LogP) is 2.54. The van der Waals surface area contributed by atoms with Crippen LogP contribution in [-0.4, -0.2) is 24.9 Å². The smallest absolute Gasteiger partial charge is 0.338 e. The summed E-state index contributed by atoms with van der Waals surface area (Å²) in [5.74, 6) is -0.640. The van der Waals surface area contributed by atoms with Gasteiger partial charge in [-0.2, -0.15) is 0 Å². The lowest BCUT2D eigenvalue weighted by atomic mass is 10.2. The molecule has 1 aromatic rings. The number of rotatable bonds is 4. The first-order valence-corrected chi connectivity index (χ1v) is 4.61. The number of benzene rings is 1. The summed E-state index contributed by atoms with van der Waals surface area (Å²) >= 11 is 0. The van der Waals surface area contributed by atoms with E-state index in [1.165, 1.54) is 0 Å². The van der Waals surface area contributed by atoms with Crippen LogP contribution in [0, 0.1) is 0 Å². The summed E-state index contributed by atoms with van der Waals surface area (Å²) in [6, 6.07) is 8.18. The van der Waals surface area contributed by atoms with Gasteiger partial charge in [-0.05, 0) is 19.1 Å². The van der Waals surface area contributed by atoms with Crippen molar-refractivity contribution in [3.05, 3.63) is 35.9 Å². The number of halogens is 2. The van der Waals surface area contributed by atoms with Crippen LogP contribution in [0.25, 0.3) is 0 Å². The molecule has 0 aliphatic rings. The van der Waals surface area contributed by atoms with Crippen LogP contribution in [0.1, 0.15) is 17.3 Å². The topological polar surface area (TPSA) is 26.3 Å². The van der Waals surface area contributed by atoms with Gasteiger partial charge in [0.15, 0.2) is 6.17 Å². The third-order valence-corrected chi connectivity index (χ3v) is 1.88. The van der Waals surface area contributed by atoms with Crippen molar-refractivity contribution in [3.8, 4) is 0 Å². The van der Waals surface area contributed by atoms with Crippen molar-refractivity contribution in [2.75, 3.05) is 6.61 Å². The number of hydrogen-bond donors (Lipinski definition) is 0. The van der Waals surface area contributed by atoms with Crippen molar-refractivity contribution in [2.45, 2.75) is 19.3 Å². The summed E-state index contributed by atoms with van der Waals surface area (Å²) in [4.78, 5) is 11.3. The maximum Gasteiger partial charge on any atom is 0.338 e. The van der Waals surface area contributed by atoms with Crippen LogP contribution in [0.5, 0.6) is 0 Å². The van der Waals surface area contributed by atoms with Crippen LogP contribution < -0.4 is 0 Å². The van der Waals surface area contributed by atoms with Crippen molar-refractivity contribution in [3.63, 3.8) is 0 Å². The monoisotopic (exact) mass is 214 g/mol. The highest BCUT2D eigenvalue weighted by molar-refractivity contribution is 5.89. The van der Waals surface area contributed by atoms with E-state index >= 15 is 0 Å². The molecule has 0 aliphatic carbocycles. The molecule has 0 fully saturated rings. The van der Waals surface area contributed by atoms with Crippen LogP contribution in [0.15, 0.2) is 30.3 Å². The molecular weight excluding hydrogens is 202 g/mol. The molecule has 2 nitrogen and oxygen atoms in total. The fourth-order valence-electron chi connectivity index (χ4n) is 0.945. The number of ether oxygens (including phenoxy) is 1. The number of esters is 1. The minimum Gasteiger partial charge on any atom is -0.459 e. The Morgan fingerprint density at radius 2 is 1.93 bits per heavy atom. The molecule has 0 heterocycles. The molecule has 0 saturated heterocycles. The second-order valence-corrected chi connectivity index (χ2v) is 3.16. The Bertz CT molecular complexity index is 312. The van der Waals surface area contributed by atoms with Crippen molar-refractivity contribution in [1.29, 1.82) is 0 Å². The standard InChI is InChI=1S/C11H12F2O2/c1-8(12)10(13)7-15-11(14)9-5-3-2-4-6-9/h2-6,8,10H,7H2,1H3. The lowest BCUT2D eigenvalue weighted by Crippen LogP contribution is -2.22. The second-order valence-electron chi connectivity index (χ2n) is 3.16. The Labute approximate surface area is 86.9 Å². The van der Waals surface area contributed by atoms with Crippen LogP contribution in [-0.2, 0) is 4.74 Å². The molecule has 4 heteroatoms. The van der Waals surface area contributed by atoms with Gasteiger partial charge in [-0.3, -0.25) is 0 Å². The lowest BCUT2D eigenvalue weighted by molar-refractivity contribution is 0.0303. The highest BCUT2D eigenvalue weighted by atomic mass is 19.2. The Morgan fingerprint density at radius 1 is 1.33 bits per heavy atom. The van der Waals surface area contributed by atoms with Gasteiger partial charge in [0, 0.05) is 0 Å². The van der Waals surface area contributed by atoms with Gasteiger partial charge in [0.05, 0.1) is 5.56 Å². The molecule has 0 bridgehead atoms. The van der Waals surface area contributed by atoms with Gasteiger partial charge >= 0.3 is 5.97 Å². The van der Waals surface area contributed by atoms with E-state index in [1.807, 2.05) is 0 Å². The van der Waals surface area contributed by atoms with E-state index < -0.39 is 24.9 Å². The van der Waals surface area contributed by atoms with Crippen LogP contribution >= 0.6 is 0 Å². The van der Waals surface area contributed by atoms with E-state index in [4.69, 9.17) is 0 Å². The van der Waals surface area contributed by atoms with Crippen molar-refractivity contribution in [2.24, 2.45) is 0 Å². The summed E-state index contributed by atoms with van der Waals surface area (Å²) < 4.78 is 29.7. The van der Waals surface area contributed by atoms with E-state index in [2.05, 4.69) is 4.74 Å². The SMILES string of the molecule is CC(F)C(F)COC(=O)c1ccccc1. The molecule has 2 atom stereocenters. The highest BCUT2D eigenvalue weighted by Crippen LogP contribution is 2.06. The van der Waals surface area contributed by atoms with Gasteiger partial charge in [0.2, 0.25) is 0 Å². The van der Waals surface area contributed by atoms with Gasteiger partial charge in [-0.15, -0.1) is 0 Å². The van der Waals surface area contributed by atoms with Gasteiger partial charge in [-0.1, -0.05) is 18.2 Å². The van der Waals surface area contributed by atoms with Crippen molar-refractivity contribution >= 4 is 5.97 Å². The van der Waals surface area contributed by atoms with Crippen LogP contribution in [0.4, 0.5) is 8.78 Å². The Morgan fingerprint density at radius 3 is 2.47 bits per heavy atom. The summed E-state index contributed by atoms with van der Waals surface area (Å²) in [5, 5.41) is 0. The molecule has 0 aliphatic heterocycles. The number of carbonyl (C=O) groups excluding carboxylic acids is 1. The zero-order valence-electron chi connectivity index (χ0n) is 8.32. The largest absolute Gasteiger partial charge is 0.459 e. The van der Waals surface area contributed by atoms with Gasteiger partial charge in [0.1, 0.15) is 12.8 Å². The number of carbonyl (C=O) groups is 1. The van der Waals surface area contributed by atoms with E-state index in [9.17, 15) is 13.6 Å². The zero-order chi connectivity index (χ0) is 11.3. The highest BCUT2D eigenvalue weighted by Gasteiger charge is 2.17. The predicted molar refractivity (Wildman–Crippen MR) is 52.2 cm³/mol. The van der Waals surface area contributed by atoms with E-state index in [-0.39, 0.29) is 0 Å². The normalized spacial score (nSPS) is 14.3. The van der Waals surface area contributed by atoms with Crippen LogP contribution in [0.2, 0.25) is 0 Å². The first-order chi connectivity index (χ1) is 7.11. The molecule has 82 valence electrons. The van der Waals surface area contributed by atoms with Gasteiger partial charge in [0.25, 0.3) is 0 Å². The minimum atomic E-state index is -1.77. The second kappa shape index (κ2) is 5.44. The average molecular weight is 214 g/mol. The minimum absolute atomic E-state index is 0.330. The first-order valence-electron chi connectivity index (χ1n) is 4.61. The maximum atomic E-state index is 12.7. The molecule has 0 aromatic heterocycles. The molecule has 0 N–H and O–H groups in total. The van der Waals surface area contributed by atoms with E-state index in [1.54, 1.807) is 30.3 Å². The van der Waals surface area contributed by atoms with Crippen molar-refractivity contribution in [1.82, 2.24) is 0 Å². The molecular formula is C11H12F2O2. The number of alkyl halides is 2. The molecule has 1 aromatic carbocycles. The average Bonchev–Trinajstić information content (AvgIpc) is 2.26. The van der Waals surface area contributed by atoms with E-state index in [0.29, 0.717) is 5.56 Å². The third-order valence-electron chi connectivity index (χ3n) is 1.88. The Balaban J connectivity index is 2.44. The molecule has 0 spiro atoms. The van der Waals surface area contributed by atoms with Crippen molar-refractivity contribution < 1.29 is 18.3 Å². The van der Waals surface area contributed by atoms with Gasteiger partial charge < -0.3 is 4.74 Å². The molecule has 0 amide bonds. The maximum absolute atomic E-state index is 12.7. The molecule has 0 saturated carbocycles. The fourth-order valence-corrected chi connectivity index (χ4v) is 0.945. The number of hydrogen-bond acceptors (Lipinski definition) is 2. The zero-order valence-corrected chi connectivity index (χ0v) is 8.32. The Kier molecular flexibility index (Phi) is 4.21. The quantitative estimate of drug-likeness (QED) is 0.720. The fraction of sp³-hybridized carbons (Fsp3) is 0.364. The molecule has 15 heavy (non-hydrogen) atoms. The third kappa shape index (κ3) is 3.65. The summed E-state index contributed by atoms with van der Waals surface area (Å²) in [5.41, 5.74) is 0.330. The van der Waals surface area contributed by atoms with Crippen LogP contribution in [0.3, 0.4) is 0 Å². The Hall–Kier alpha value is -1.45. The first kappa shape index (κ1) is 11.6. The summed E-state index contributed by atoms with van der Waals surface area (Å²) in [6.45, 7) is 0.534.